The third kappa shape index (κ3) is 5.14. The molecule has 3 rings (SSSR count). The number of ether oxygens (including phenoxy) is 2. The number of phenolic OH excluding ortho intramolecular Hbond substituents is 2. The van der Waals surface area contributed by atoms with E-state index in [-0.39, 0.29) is 11.5 Å². The van der Waals surface area contributed by atoms with E-state index in [1.54, 1.807) is 48.8 Å². The summed E-state index contributed by atoms with van der Waals surface area (Å²) in [6, 6.07) is 16.1. The van der Waals surface area contributed by atoms with Crippen molar-refractivity contribution in [2.75, 3.05) is 14.2 Å². The third-order valence-corrected chi connectivity index (χ3v) is 4.33. The Hall–Kier alpha value is -3.87. The lowest BCUT2D eigenvalue weighted by Gasteiger charge is -2.05. The monoisotopic (exact) mass is 405 g/mol. The number of methoxy groups -OCH3 is 2. The second kappa shape index (κ2) is 10.1. The van der Waals surface area contributed by atoms with Gasteiger partial charge in [0.15, 0.2) is 23.0 Å². The number of pyridine rings is 1. The summed E-state index contributed by atoms with van der Waals surface area (Å²) in [7, 11) is 3.01. The van der Waals surface area contributed by atoms with Crippen molar-refractivity contribution in [1.29, 1.82) is 0 Å². The van der Waals surface area contributed by atoms with Gasteiger partial charge in [0.05, 0.1) is 38.7 Å². The minimum absolute atomic E-state index is 0.0561. The van der Waals surface area contributed by atoms with E-state index < -0.39 is 0 Å². The Labute approximate surface area is 175 Å². The Kier molecular flexibility index (Phi) is 7.00. The fraction of sp³-hybridized carbons (Fsp3) is 0.174. The minimum Gasteiger partial charge on any atom is -0.504 e. The van der Waals surface area contributed by atoms with Gasteiger partial charge in [-0.15, -0.1) is 0 Å². The summed E-state index contributed by atoms with van der Waals surface area (Å²) in [5.74, 6) is 0.916. The molecular formula is C23H23N3O4. The number of phenols is 2. The van der Waals surface area contributed by atoms with Crippen LogP contribution in [0.5, 0.6) is 23.0 Å². The summed E-state index contributed by atoms with van der Waals surface area (Å²) in [6.07, 6.45) is 3.19. The molecule has 1 aromatic heterocycles. The highest BCUT2D eigenvalue weighted by Crippen LogP contribution is 2.28. The molecule has 0 spiro atoms. The third-order valence-electron chi connectivity index (χ3n) is 4.33. The van der Waals surface area contributed by atoms with E-state index in [2.05, 4.69) is 15.0 Å². The molecule has 0 amide bonds. The molecule has 0 atom stereocenters. The topological polar surface area (TPSA) is 96.5 Å². The minimum atomic E-state index is 0.0561. The summed E-state index contributed by atoms with van der Waals surface area (Å²) >= 11 is 0. The maximum Gasteiger partial charge on any atom is 0.166 e. The normalized spacial score (nSPS) is 11.3. The molecule has 2 N–H and O–H groups in total. The first-order valence-electron chi connectivity index (χ1n) is 9.28. The summed E-state index contributed by atoms with van der Waals surface area (Å²) in [4.78, 5) is 13.3. The van der Waals surface area contributed by atoms with Crippen LogP contribution in [-0.4, -0.2) is 41.8 Å². The summed E-state index contributed by atoms with van der Waals surface area (Å²) in [5.41, 5.74) is 2.72. The summed E-state index contributed by atoms with van der Waals surface area (Å²) in [5, 5.41) is 20.2. The number of benzene rings is 2. The highest BCUT2D eigenvalue weighted by Gasteiger charge is 2.06. The number of hydrogen-bond acceptors (Lipinski definition) is 7. The van der Waals surface area contributed by atoms with Crippen molar-refractivity contribution in [1.82, 2.24) is 4.98 Å². The molecule has 7 nitrogen and oxygen atoms in total. The zero-order valence-electron chi connectivity index (χ0n) is 16.8. The van der Waals surface area contributed by atoms with Gasteiger partial charge in [-0.1, -0.05) is 18.2 Å². The Bertz CT molecular complexity index is 983. The second-order valence-corrected chi connectivity index (χ2v) is 6.36. The van der Waals surface area contributed by atoms with Crippen molar-refractivity contribution in [2.45, 2.75) is 13.1 Å². The highest BCUT2D eigenvalue weighted by atomic mass is 16.5. The van der Waals surface area contributed by atoms with E-state index in [1.165, 1.54) is 14.2 Å². The van der Waals surface area contributed by atoms with Crippen molar-refractivity contribution in [3.63, 3.8) is 0 Å². The summed E-state index contributed by atoms with van der Waals surface area (Å²) in [6.45, 7) is 0.732. The van der Waals surface area contributed by atoms with Crippen molar-refractivity contribution < 1.29 is 19.7 Å². The molecule has 0 aliphatic carbocycles. The first kappa shape index (κ1) is 20.9. The van der Waals surface area contributed by atoms with Crippen molar-refractivity contribution in [2.24, 2.45) is 9.98 Å². The molecule has 30 heavy (non-hydrogen) atoms. The zero-order chi connectivity index (χ0) is 21.3. The molecule has 2 aromatic carbocycles. The molecule has 0 aliphatic rings. The van der Waals surface area contributed by atoms with E-state index in [4.69, 9.17) is 9.47 Å². The van der Waals surface area contributed by atoms with Crippen LogP contribution in [0.15, 0.2) is 64.6 Å². The fourth-order valence-electron chi connectivity index (χ4n) is 2.80. The smallest absolute Gasteiger partial charge is 0.166 e. The standard InChI is InChI=1S/C23H23N3O4/c1-29-20-10-3-6-16(22(20)27)12-24-14-18-8-5-9-19(26-18)15-25-13-17-7-4-11-21(30-2)23(17)28/h3-13,27-28H,14-15H2,1-2H3. The van der Waals surface area contributed by atoms with Gasteiger partial charge in [0, 0.05) is 23.6 Å². The van der Waals surface area contributed by atoms with E-state index in [9.17, 15) is 10.2 Å². The van der Waals surface area contributed by atoms with Crippen LogP contribution in [0.4, 0.5) is 0 Å². The Morgan fingerprint density at radius 2 is 1.17 bits per heavy atom. The van der Waals surface area contributed by atoms with E-state index in [0.29, 0.717) is 35.7 Å². The predicted octanol–water partition coefficient (Wildman–Crippen LogP) is 3.75. The van der Waals surface area contributed by atoms with Crippen LogP contribution < -0.4 is 9.47 Å². The lowest BCUT2D eigenvalue weighted by atomic mass is 10.2. The molecule has 0 fully saturated rings. The van der Waals surface area contributed by atoms with Crippen LogP contribution in [0, 0.1) is 0 Å². The average molecular weight is 405 g/mol. The Morgan fingerprint density at radius 3 is 1.60 bits per heavy atom. The molecule has 0 saturated heterocycles. The van der Waals surface area contributed by atoms with Crippen molar-refractivity contribution >= 4 is 12.4 Å². The van der Waals surface area contributed by atoms with Crippen LogP contribution in [0.1, 0.15) is 22.5 Å². The lowest BCUT2D eigenvalue weighted by molar-refractivity contribution is 0.373. The van der Waals surface area contributed by atoms with E-state index in [1.807, 2.05) is 18.2 Å². The maximum absolute atomic E-state index is 10.1. The fourth-order valence-corrected chi connectivity index (χ4v) is 2.80. The lowest BCUT2D eigenvalue weighted by Crippen LogP contribution is -1.95. The van der Waals surface area contributed by atoms with Crippen LogP contribution in [0.25, 0.3) is 0 Å². The van der Waals surface area contributed by atoms with Crippen LogP contribution in [0.3, 0.4) is 0 Å². The zero-order valence-corrected chi connectivity index (χ0v) is 16.8. The van der Waals surface area contributed by atoms with E-state index >= 15 is 0 Å². The molecule has 3 aromatic rings. The van der Waals surface area contributed by atoms with Gasteiger partial charge < -0.3 is 19.7 Å². The molecular weight excluding hydrogens is 382 g/mol. The average Bonchev–Trinajstić information content (AvgIpc) is 2.76. The van der Waals surface area contributed by atoms with Gasteiger partial charge in [0.2, 0.25) is 0 Å². The number of aromatic hydroxyl groups is 2. The first-order valence-corrected chi connectivity index (χ1v) is 9.28. The quantitative estimate of drug-likeness (QED) is 0.557. The Balaban J connectivity index is 1.64. The number of aliphatic imine (C=N–C) groups is 2. The predicted molar refractivity (Wildman–Crippen MR) is 116 cm³/mol. The molecule has 7 heteroatoms. The Morgan fingerprint density at radius 1 is 0.733 bits per heavy atom. The molecule has 1 heterocycles. The van der Waals surface area contributed by atoms with Gasteiger partial charge in [-0.3, -0.25) is 15.0 Å². The van der Waals surface area contributed by atoms with Crippen molar-refractivity contribution in [3.05, 3.63) is 77.1 Å². The largest absolute Gasteiger partial charge is 0.504 e. The molecule has 0 aliphatic heterocycles. The van der Waals surface area contributed by atoms with Crippen LogP contribution >= 0.6 is 0 Å². The van der Waals surface area contributed by atoms with Gasteiger partial charge in [-0.05, 0) is 36.4 Å². The number of nitrogens with zero attached hydrogens (tertiary/aromatic N) is 3. The first-order chi connectivity index (χ1) is 14.6. The maximum atomic E-state index is 10.1. The van der Waals surface area contributed by atoms with Gasteiger partial charge in [-0.25, -0.2) is 0 Å². The van der Waals surface area contributed by atoms with Gasteiger partial charge >= 0.3 is 0 Å². The summed E-state index contributed by atoms with van der Waals surface area (Å²) < 4.78 is 10.2. The van der Waals surface area contributed by atoms with Crippen LogP contribution in [-0.2, 0) is 13.1 Å². The number of aromatic nitrogens is 1. The van der Waals surface area contributed by atoms with Gasteiger partial charge in [0.25, 0.3) is 0 Å². The second-order valence-electron chi connectivity index (χ2n) is 6.36. The van der Waals surface area contributed by atoms with Gasteiger partial charge in [0.1, 0.15) is 0 Å². The SMILES string of the molecule is COc1cccc(C=NCc2cccc(CN=Cc3cccc(OC)c3O)n2)c1O. The molecule has 154 valence electrons. The van der Waals surface area contributed by atoms with Gasteiger partial charge in [-0.2, -0.15) is 0 Å². The molecule has 0 unspecified atom stereocenters. The molecule has 0 saturated carbocycles. The number of rotatable bonds is 8. The van der Waals surface area contributed by atoms with Crippen molar-refractivity contribution in [3.8, 4) is 23.0 Å². The molecule has 0 radical (unpaired) electrons. The van der Waals surface area contributed by atoms with E-state index in [0.717, 1.165) is 11.4 Å². The number of para-hydroxylation sites is 2. The number of hydrogen-bond donors (Lipinski definition) is 2. The molecule has 0 bridgehead atoms. The highest BCUT2D eigenvalue weighted by molar-refractivity contribution is 5.85. The van der Waals surface area contributed by atoms with Crippen LogP contribution in [0.2, 0.25) is 0 Å².